The number of nitrogens with zero attached hydrogens (tertiary/aromatic N) is 4. The van der Waals surface area contributed by atoms with E-state index in [1.54, 1.807) is 4.90 Å². The molecule has 0 aromatic carbocycles. The van der Waals surface area contributed by atoms with Crippen LogP contribution in [-0.4, -0.2) is 79.3 Å². The van der Waals surface area contributed by atoms with Gasteiger partial charge in [0.25, 0.3) is 0 Å². The molecule has 2 saturated heterocycles. The van der Waals surface area contributed by atoms with Crippen molar-refractivity contribution in [1.29, 1.82) is 0 Å². The Bertz CT molecular complexity index is 721. The van der Waals surface area contributed by atoms with Crippen molar-refractivity contribution in [3.63, 3.8) is 0 Å². The van der Waals surface area contributed by atoms with Crippen molar-refractivity contribution in [2.45, 2.75) is 59.0 Å². The fourth-order valence-corrected chi connectivity index (χ4v) is 4.19. The second-order valence-electron chi connectivity index (χ2n) is 8.56. The van der Waals surface area contributed by atoms with E-state index in [-0.39, 0.29) is 30.1 Å². The van der Waals surface area contributed by atoms with Gasteiger partial charge in [-0.3, -0.25) is 9.89 Å². The number of methoxy groups -OCH3 is 1. The lowest BCUT2D eigenvalue weighted by molar-refractivity contribution is 0.111. The number of likely N-dealkylation sites (tertiary alicyclic amines) is 2. The van der Waals surface area contributed by atoms with Gasteiger partial charge in [0.2, 0.25) is 5.89 Å². The predicted molar refractivity (Wildman–Crippen MR) is 136 cm³/mol. The zero-order valence-corrected chi connectivity index (χ0v) is 22.2. The number of rotatable bonds is 6. The molecule has 2 fully saturated rings. The molecule has 0 unspecified atom stereocenters. The number of halogens is 1. The summed E-state index contributed by atoms with van der Waals surface area (Å²) in [7, 11) is 1.43. The largest absolute Gasteiger partial charge is 0.453 e. The highest BCUT2D eigenvalue weighted by Gasteiger charge is 2.24. The van der Waals surface area contributed by atoms with Gasteiger partial charge in [-0.2, -0.15) is 0 Å². The zero-order valence-electron chi connectivity index (χ0n) is 19.9. The lowest BCUT2D eigenvalue weighted by atomic mass is 9.97. The van der Waals surface area contributed by atoms with E-state index in [0.29, 0.717) is 25.0 Å². The van der Waals surface area contributed by atoms with Gasteiger partial charge in [0.05, 0.1) is 19.3 Å². The van der Waals surface area contributed by atoms with Gasteiger partial charge in [0.1, 0.15) is 5.76 Å². The second-order valence-corrected chi connectivity index (χ2v) is 8.56. The summed E-state index contributed by atoms with van der Waals surface area (Å²) in [5, 5.41) is 6.92. The molecule has 182 valence electrons. The predicted octanol–water partition coefficient (Wildman–Crippen LogP) is 2.91. The zero-order chi connectivity index (χ0) is 22.2. The molecular weight excluding hydrogens is 523 g/mol. The third-order valence-electron chi connectivity index (χ3n) is 6.26. The van der Waals surface area contributed by atoms with Crippen molar-refractivity contribution in [2.24, 2.45) is 10.9 Å². The molecule has 2 aliphatic heterocycles. The van der Waals surface area contributed by atoms with E-state index < -0.39 is 0 Å². The minimum atomic E-state index is -0.238. The first kappa shape index (κ1) is 26.7. The van der Waals surface area contributed by atoms with Gasteiger partial charge >= 0.3 is 6.09 Å². The Morgan fingerprint density at radius 1 is 1.19 bits per heavy atom. The maximum absolute atomic E-state index is 11.7. The van der Waals surface area contributed by atoms with Crippen LogP contribution in [0.15, 0.2) is 9.41 Å². The summed E-state index contributed by atoms with van der Waals surface area (Å²) < 4.78 is 10.5. The van der Waals surface area contributed by atoms with Gasteiger partial charge in [-0.1, -0.05) is 0 Å². The summed E-state index contributed by atoms with van der Waals surface area (Å²) in [4.78, 5) is 25.2. The highest BCUT2D eigenvalue weighted by atomic mass is 127. The van der Waals surface area contributed by atoms with E-state index in [4.69, 9.17) is 14.1 Å². The molecule has 0 atom stereocenters. The van der Waals surface area contributed by atoms with Crippen LogP contribution in [0.2, 0.25) is 0 Å². The number of nitrogens with one attached hydrogen (secondary N) is 2. The van der Waals surface area contributed by atoms with Gasteiger partial charge in [-0.15, -0.1) is 24.0 Å². The summed E-state index contributed by atoms with van der Waals surface area (Å²) in [5.41, 5.74) is 0.985. The van der Waals surface area contributed by atoms with Crippen LogP contribution in [0, 0.1) is 19.8 Å². The normalized spacial score (nSPS) is 18.9. The number of guanidine groups is 1. The number of aromatic nitrogens is 1. The highest BCUT2D eigenvalue weighted by molar-refractivity contribution is 14.0. The lowest BCUT2D eigenvalue weighted by Crippen LogP contribution is -2.50. The second kappa shape index (κ2) is 13.2. The highest BCUT2D eigenvalue weighted by Crippen LogP contribution is 2.20. The number of carbonyl (C=O) groups excluding carboxylic acids is 1. The van der Waals surface area contributed by atoms with Crippen LogP contribution in [0.4, 0.5) is 4.79 Å². The molecule has 0 aliphatic carbocycles. The Hall–Kier alpha value is -1.56. The van der Waals surface area contributed by atoms with Crippen LogP contribution in [0.5, 0.6) is 0 Å². The molecular formula is C22H39IN6O3. The van der Waals surface area contributed by atoms with E-state index >= 15 is 0 Å². The Morgan fingerprint density at radius 3 is 2.44 bits per heavy atom. The van der Waals surface area contributed by atoms with E-state index in [9.17, 15) is 4.79 Å². The molecule has 2 N–H and O–H groups in total. The van der Waals surface area contributed by atoms with Gasteiger partial charge in [0, 0.05) is 32.2 Å². The summed E-state index contributed by atoms with van der Waals surface area (Å²) in [6.45, 7) is 12.0. The van der Waals surface area contributed by atoms with Crippen LogP contribution in [0.1, 0.15) is 50.0 Å². The first-order valence-corrected chi connectivity index (χ1v) is 11.5. The number of carbonyl (C=O) groups is 1. The van der Waals surface area contributed by atoms with Crippen molar-refractivity contribution >= 4 is 36.0 Å². The minimum absolute atomic E-state index is 0. The van der Waals surface area contributed by atoms with Gasteiger partial charge < -0.3 is 24.7 Å². The van der Waals surface area contributed by atoms with E-state index in [1.807, 2.05) is 13.8 Å². The Morgan fingerprint density at radius 2 is 1.88 bits per heavy atom. The third-order valence-corrected chi connectivity index (χ3v) is 6.26. The van der Waals surface area contributed by atoms with Gasteiger partial charge in [0.15, 0.2) is 5.96 Å². The first-order valence-electron chi connectivity index (χ1n) is 11.5. The van der Waals surface area contributed by atoms with Crippen molar-refractivity contribution in [1.82, 2.24) is 25.4 Å². The summed E-state index contributed by atoms with van der Waals surface area (Å²) in [5.74, 6) is 3.22. The number of aryl methyl sites for hydroxylation is 2. The molecule has 0 radical (unpaired) electrons. The number of ether oxygens (including phenoxy) is 1. The third kappa shape index (κ3) is 7.79. The Labute approximate surface area is 208 Å². The van der Waals surface area contributed by atoms with Crippen LogP contribution >= 0.6 is 24.0 Å². The van der Waals surface area contributed by atoms with Crippen LogP contribution in [0.3, 0.4) is 0 Å². The number of amides is 1. The fourth-order valence-electron chi connectivity index (χ4n) is 4.19. The molecule has 1 aromatic rings. The number of piperidine rings is 2. The van der Waals surface area contributed by atoms with E-state index in [1.165, 1.54) is 7.11 Å². The van der Waals surface area contributed by atoms with Crippen LogP contribution in [-0.2, 0) is 11.3 Å². The van der Waals surface area contributed by atoms with Crippen LogP contribution < -0.4 is 10.6 Å². The standard InChI is InChI=1S/C22H38N6O3.HI/c1-5-23-21(26-19-8-12-28(13-9-19)22(29)30-4)24-14-18-6-10-27(11-7-18)15-20-25-16(2)17(3)31-20;/h18-19H,5-15H2,1-4H3,(H2,23,24,26);1H. The summed E-state index contributed by atoms with van der Waals surface area (Å²) in [6, 6.07) is 0.327. The molecule has 1 aromatic heterocycles. The Balaban J connectivity index is 0.00000363. The quantitative estimate of drug-likeness (QED) is 0.313. The van der Waals surface area contributed by atoms with Crippen molar-refractivity contribution in [2.75, 3.05) is 46.4 Å². The van der Waals surface area contributed by atoms with Gasteiger partial charge in [-0.05, 0) is 65.5 Å². The van der Waals surface area contributed by atoms with Crippen molar-refractivity contribution in [3.8, 4) is 0 Å². The number of hydrogen-bond donors (Lipinski definition) is 2. The topological polar surface area (TPSA) is 95.2 Å². The smallest absolute Gasteiger partial charge is 0.409 e. The lowest BCUT2D eigenvalue weighted by Gasteiger charge is -2.32. The first-order chi connectivity index (χ1) is 15.0. The number of oxazole rings is 1. The molecule has 2 aliphatic rings. The summed E-state index contributed by atoms with van der Waals surface area (Å²) >= 11 is 0. The number of aliphatic imine (C=N–C) groups is 1. The fraction of sp³-hybridized carbons (Fsp3) is 0.773. The van der Waals surface area contributed by atoms with E-state index in [0.717, 1.165) is 81.7 Å². The van der Waals surface area contributed by atoms with Crippen LogP contribution in [0.25, 0.3) is 0 Å². The van der Waals surface area contributed by atoms with Gasteiger partial charge in [-0.25, -0.2) is 9.78 Å². The van der Waals surface area contributed by atoms with Crippen molar-refractivity contribution < 1.29 is 13.9 Å². The summed E-state index contributed by atoms with van der Waals surface area (Å²) in [6.07, 6.45) is 3.84. The van der Waals surface area contributed by atoms with E-state index in [2.05, 4.69) is 27.4 Å². The Kier molecular flexibility index (Phi) is 11.0. The SMILES string of the molecule is CCNC(=NCC1CCN(Cc2nc(C)c(C)o2)CC1)NC1CCN(C(=O)OC)CC1.I. The minimum Gasteiger partial charge on any atom is -0.453 e. The maximum atomic E-state index is 11.7. The average molecular weight is 562 g/mol. The molecule has 3 heterocycles. The molecule has 32 heavy (non-hydrogen) atoms. The number of hydrogen-bond acceptors (Lipinski definition) is 6. The molecule has 3 rings (SSSR count). The molecule has 9 nitrogen and oxygen atoms in total. The average Bonchev–Trinajstić information content (AvgIpc) is 3.09. The van der Waals surface area contributed by atoms with Crippen molar-refractivity contribution in [3.05, 3.63) is 17.3 Å². The molecule has 0 spiro atoms. The maximum Gasteiger partial charge on any atom is 0.409 e. The molecule has 10 heteroatoms. The molecule has 0 bridgehead atoms. The molecule has 1 amide bonds. The molecule has 0 saturated carbocycles. The monoisotopic (exact) mass is 562 g/mol.